The topological polar surface area (TPSA) is 60.9 Å². The highest BCUT2D eigenvalue weighted by Gasteiger charge is 2.21. The Hall–Kier alpha value is -3.54. The predicted molar refractivity (Wildman–Crippen MR) is 142 cm³/mol. The molecule has 0 radical (unpaired) electrons. The molecule has 1 heterocycles. The molecule has 1 aliphatic rings. The molecule has 6 heteroatoms. The zero-order chi connectivity index (χ0) is 25.5. The van der Waals surface area contributed by atoms with Crippen LogP contribution in [-0.4, -0.2) is 29.8 Å². The zero-order valence-electron chi connectivity index (χ0n) is 21.7. The van der Waals surface area contributed by atoms with Crippen molar-refractivity contribution in [3.8, 4) is 11.5 Å². The first-order valence-electron chi connectivity index (χ1n) is 12.7. The van der Waals surface area contributed by atoms with E-state index < -0.39 is 5.60 Å². The molecule has 1 fully saturated rings. The van der Waals surface area contributed by atoms with Gasteiger partial charge in [0.1, 0.15) is 5.60 Å². The molecule has 0 spiro atoms. The summed E-state index contributed by atoms with van der Waals surface area (Å²) in [4.78, 5) is 19.2. The van der Waals surface area contributed by atoms with Gasteiger partial charge in [-0.1, -0.05) is 18.6 Å². The molecule has 190 valence electrons. The maximum atomic E-state index is 12.8. The summed E-state index contributed by atoms with van der Waals surface area (Å²) < 4.78 is 17.7. The summed E-state index contributed by atoms with van der Waals surface area (Å²) in [5.41, 5.74) is 2.79. The van der Waals surface area contributed by atoms with Crippen LogP contribution in [0.15, 0.2) is 67.0 Å². The minimum absolute atomic E-state index is 0.199. The van der Waals surface area contributed by atoms with Gasteiger partial charge >= 0.3 is 5.97 Å². The average Bonchev–Trinajstić information content (AvgIpc) is 2.87. The molecular formula is C30H36N2O4. The van der Waals surface area contributed by atoms with E-state index in [1.54, 1.807) is 19.4 Å². The second kappa shape index (κ2) is 11.5. The number of anilines is 2. The minimum atomic E-state index is -0.566. The lowest BCUT2D eigenvalue weighted by Crippen LogP contribution is -2.24. The minimum Gasteiger partial charge on any atom is -0.493 e. The Morgan fingerprint density at radius 3 is 2.44 bits per heavy atom. The van der Waals surface area contributed by atoms with Gasteiger partial charge < -0.3 is 19.1 Å². The third-order valence-corrected chi connectivity index (χ3v) is 6.16. The highest BCUT2D eigenvalue weighted by atomic mass is 16.6. The molecule has 0 aliphatic heterocycles. The van der Waals surface area contributed by atoms with Crippen molar-refractivity contribution in [2.45, 2.75) is 71.1 Å². The normalized spacial score (nSPS) is 14.2. The standard InChI is InChI=1S/C30H36N2O4/c1-30(2,3)36-29(33)23-11-8-12-24(18-23)32(21-22-10-9-17-31-20-22)25-15-16-27(34-4)28(19-25)35-26-13-6-5-7-14-26/h8-12,15-20,26H,5-7,13-14,21H2,1-4H3. The molecule has 3 aromatic rings. The maximum absolute atomic E-state index is 12.8. The van der Waals surface area contributed by atoms with Gasteiger partial charge in [-0.2, -0.15) is 0 Å². The summed E-state index contributed by atoms with van der Waals surface area (Å²) in [7, 11) is 1.67. The van der Waals surface area contributed by atoms with Crippen LogP contribution in [0, 0.1) is 0 Å². The summed E-state index contributed by atoms with van der Waals surface area (Å²) in [6, 6.07) is 17.5. The van der Waals surface area contributed by atoms with E-state index in [0.717, 1.165) is 35.5 Å². The Labute approximate surface area is 214 Å². The summed E-state index contributed by atoms with van der Waals surface area (Å²) in [5.74, 6) is 1.11. The van der Waals surface area contributed by atoms with Crippen molar-refractivity contribution in [2.24, 2.45) is 0 Å². The van der Waals surface area contributed by atoms with E-state index in [1.165, 1.54) is 19.3 Å². The van der Waals surface area contributed by atoms with Crippen LogP contribution in [0.25, 0.3) is 0 Å². The highest BCUT2D eigenvalue weighted by molar-refractivity contribution is 5.91. The van der Waals surface area contributed by atoms with Crippen LogP contribution in [0.3, 0.4) is 0 Å². The molecule has 1 aliphatic carbocycles. The number of aromatic nitrogens is 1. The number of carbonyl (C=O) groups excluding carboxylic acids is 1. The van der Waals surface area contributed by atoms with Crippen LogP contribution in [0.1, 0.15) is 68.8 Å². The van der Waals surface area contributed by atoms with Crippen molar-refractivity contribution in [1.29, 1.82) is 0 Å². The quantitative estimate of drug-likeness (QED) is 0.315. The van der Waals surface area contributed by atoms with E-state index in [1.807, 2.05) is 75.5 Å². The first-order chi connectivity index (χ1) is 17.3. The van der Waals surface area contributed by atoms with Gasteiger partial charge in [0, 0.05) is 36.4 Å². The first kappa shape index (κ1) is 25.5. The van der Waals surface area contributed by atoms with Crippen molar-refractivity contribution < 1.29 is 19.0 Å². The zero-order valence-corrected chi connectivity index (χ0v) is 21.7. The Kier molecular flexibility index (Phi) is 8.14. The molecule has 2 aromatic carbocycles. The second-order valence-electron chi connectivity index (χ2n) is 10.2. The van der Waals surface area contributed by atoms with E-state index in [9.17, 15) is 4.79 Å². The van der Waals surface area contributed by atoms with Crippen LogP contribution < -0.4 is 14.4 Å². The molecule has 1 saturated carbocycles. The number of methoxy groups -OCH3 is 1. The lowest BCUT2D eigenvalue weighted by Gasteiger charge is -2.28. The molecule has 0 saturated heterocycles. The van der Waals surface area contributed by atoms with Crippen LogP contribution in [0.4, 0.5) is 11.4 Å². The number of esters is 1. The Morgan fingerprint density at radius 2 is 1.75 bits per heavy atom. The number of carbonyl (C=O) groups is 1. The molecule has 0 N–H and O–H groups in total. The van der Waals surface area contributed by atoms with Gasteiger partial charge in [0.2, 0.25) is 0 Å². The van der Waals surface area contributed by atoms with E-state index in [0.29, 0.717) is 17.9 Å². The number of rotatable bonds is 8. The van der Waals surface area contributed by atoms with Crippen molar-refractivity contribution in [2.75, 3.05) is 12.0 Å². The third-order valence-electron chi connectivity index (χ3n) is 6.16. The lowest BCUT2D eigenvalue weighted by molar-refractivity contribution is 0.00695. The predicted octanol–water partition coefficient (Wildman–Crippen LogP) is 7.10. The van der Waals surface area contributed by atoms with Crippen molar-refractivity contribution in [3.05, 3.63) is 78.1 Å². The molecule has 36 heavy (non-hydrogen) atoms. The molecule has 4 rings (SSSR count). The molecular weight excluding hydrogens is 452 g/mol. The number of nitrogens with zero attached hydrogens (tertiary/aromatic N) is 2. The second-order valence-corrected chi connectivity index (χ2v) is 10.2. The average molecular weight is 489 g/mol. The molecule has 0 atom stereocenters. The van der Waals surface area contributed by atoms with Crippen LogP contribution in [-0.2, 0) is 11.3 Å². The summed E-state index contributed by atoms with van der Waals surface area (Å²) in [5, 5.41) is 0. The van der Waals surface area contributed by atoms with Gasteiger partial charge in [0.05, 0.1) is 18.8 Å². The number of ether oxygens (including phenoxy) is 3. The van der Waals surface area contributed by atoms with E-state index >= 15 is 0 Å². The summed E-state index contributed by atoms with van der Waals surface area (Å²) in [6.07, 6.45) is 9.59. The number of hydrogen-bond donors (Lipinski definition) is 0. The molecule has 1 aromatic heterocycles. The van der Waals surface area contributed by atoms with E-state index in [2.05, 4.69) is 9.88 Å². The van der Waals surface area contributed by atoms with Gasteiger partial charge in [-0.05, 0) is 88.4 Å². The number of hydrogen-bond acceptors (Lipinski definition) is 6. The fourth-order valence-corrected chi connectivity index (χ4v) is 4.43. The van der Waals surface area contributed by atoms with Crippen LogP contribution in [0.2, 0.25) is 0 Å². The fraction of sp³-hybridized carbons (Fsp3) is 0.400. The van der Waals surface area contributed by atoms with Gasteiger partial charge in [-0.3, -0.25) is 4.98 Å². The molecule has 0 amide bonds. The van der Waals surface area contributed by atoms with Crippen molar-refractivity contribution in [1.82, 2.24) is 4.98 Å². The summed E-state index contributed by atoms with van der Waals surface area (Å²) in [6.45, 7) is 6.18. The SMILES string of the molecule is COc1ccc(N(Cc2cccnc2)c2cccc(C(=O)OC(C)(C)C)c2)cc1OC1CCCCC1. The Balaban J connectivity index is 1.70. The van der Waals surface area contributed by atoms with E-state index in [4.69, 9.17) is 14.2 Å². The van der Waals surface area contributed by atoms with Gasteiger partial charge in [-0.25, -0.2) is 4.79 Å². The Morgan fingerprint density at radius 1 is 0.972 bits per heavy atom. The van der Waals surface area contributed by atoms with Crippen molar-refractivity contribution in [3.63, 3.8) is 0 Å². The van der Waals surface area contributed by atoms with Crippen LogP contribution >= 0.6 is 0 Å². The van der Waals surface area contributed by atoms with Gasteiger partial charge in [-0.15, -0.1) is 0 Å². The van der Waals surface area contributed by atoms with Crippen LogP contribution in [0.5, 0.6) is 11.5 Å². The van der Waals surface area contributed by atoms with Crippen molar-refractivity contribution >= 4 is 17.3 Å². The largest absolute Gasteiger partial charge is 0.493 e. The van der Waals surface area contributed by atoms with E-state index in [-0.39, 0.29) is 12.1 Å². The smallest absolute Gasteiger partial charge is 0.338 e. The molecule has 0 unspecified atom stereocenters. The highest BCUT2D eigenvalue weighted by Crippen LogP contribution is 2.38. The lowest BCUT2D eigenvalue weighted by atomic mass is 9.98. The monoisotopic (exact) mass is 488 g/mol. The first-order valence-corrected chi connectivity index (χ1v) is 12.7. The third kappa shape index (κ3) is 6.78. The summed E-state index contributed by atoms with van der Waals surface area (Å²) >= 11 is 0. The molecule has 6 nitrogen and oxygen atoms in total. The fourth-order valence-electron chi connectivity index (χ4n) is 4.43. The Bertz CT molecular complexity index is 1150. The maximum Gasteiger partial charge on any atom is 0.338 e. The van der Waals surface area contributed by atoms with Gasteiger partial charge in [0.15, 0.2) is 11.5 Å². The number of pyridine rings is 1. The number of benzene rings is 2. The molecule has 0 bridgehead atoms. The van der Waals surface area contributed by atoms with Gasteiger partial charge in [0.25, 0.3) is 0 Å².